The molecule has 1 heterocycles. The van der Waals surface area contributed by atoms with Gasteiger partial charge in [0.1, 0.15) is 5.60 Å². The predicted molar refractivity (Wildman–Crippen MR) is 84.1 cm³/mol. The van der Waals surface area contributed by atoms with Crippen LogP contribution in [0.1, 0.15) is 45.2 Å². The molecule has 110 valence electrons. The van der Waals surface area contributed by atoms with E-state index in [-0.39, 0.29) is 12.1 Å². The minimum atomic E-state index is -0.478. The molecule has 1 aromatic carbocycles. The van der Waals surface area contributed by atoms with Gasteiger partial charge < -0.3 is 9.64 Å². The molecule has 0 spiro atoms. The van der Waals surface area contributed by atoms with Gasteiger partial charge in [-0.15, -0.1) is 0 Å². The number of nitrogens with zero attached hydrogens (tertiary/aromatic N) is 1. The average molecular weight is 361 g/mol. The molecule has 0 N–H and O–H groups in total. The molecule has 0 unspecified atom stereocenters. The Balaban J connectivity index is 2.21. The van der Waals surface area contributed by atoms with Crippen molar-refractivity contribution in [3.63, 3.8) is 0 Å². The monoisotopic (exact) mass is 359 g/mol. The molecule has 0 bridgehead atoms. The molecule has 2 rings (SSSR count). The number of likely N-dealkylation sites (tertiary alicyclic amines) is 1. The van der Waals surface area contributed by atoms with Crippen molar-refractivity contribution in [3.8, 4) is 0 Å². The smallest absolute Gasteiger partial charge is 0.410 e. The summed E-state index contributed by atoms with van der Waals surface area (Å²) in [7, 11) is 0. The van der Waals surface area contributed by atoms with Gasteiger partial charge in [0.15, 0.2) is 0 Å². The Kier molecular flexibility index (Phi) is 4.65. The van der Waals surface area contributed by atoms with Crippen LogP contribution in [-0.2, 0) is 4.74 Å². The van der Waals surface area contributed by atoms with E-state index in [0.29, 0.717) is 11.6 Å². The van der Waals surface area contributed by atoms with E-state index in [4.69, 9.17) is 16.3 Å². The second-order valence-corrected chi connectivity index (χ2v) is 7.32. The molecule has 1 aromatic rings. The lowest BCUT2D eigenvalue weighted by Crippen LogP contribution is -2.36. The molecule has 5 heteroatoms. The third kappa shape index (κ3) is 3.67. The second-order valence-electron chi connectivity index (χ2n) is 6.00. The molecule has 1 amide bonds. The Morgan fingerprint density at radius 1 is 1.45 bits per heavy atom. The Labute approximate surface area is 133 Å². The summed E-state index contributed by atoms with van der Waals surface area (Å²) in [5, 5.41) is 0.680. The van der Waals surface area contributed by atoms with Crippen LogP contribution in [0.5, 0.6) is 0 Å². The summed E-state index contributed by atoms with van der Waals surface area (Å²) in [5.74, 6) is 0. The van der Waals surface area contributed by atoms with Gasteiger partial charge in [0, 0.05) is 16.0 Å². The SMILES string of the molecule is CC(C)(C)OC(=O)N1CCC[C@@H]1c1ccc(Br)cc1Cl. The summed E-state index contributed by atoms with van der Waals surface area (Å²) in [6.07, 6.45) is 1.62. The first-order chi connectivity index (χ1) is 9.28. The van der Waals surface area contributed by atoms with E-state index in [1.807, 2.05) is 39.0 Å². The lowest BCUT2D eigenvalue weighted by atomic mass is 10.0. The molecular weight excluding hydrogens is 342 g/mol. The minimum absolute atomic E-state index is 0.00505. The summed E-state index contributed by atoms with van der Waals surface area (Å²) in [6.45, 7) is 6.35. The van der Waals surface area contributed by atoms with Gasteiger partial charge in [-0.1, -0.05) is 33.6 Å². The van der Waals surface area contributed by atoms with Gasteiger partial charge in [0.05, 0.1) is 6.04 Å². The fourth-order valence-corrected chi connectivity index (χ4v) is 3.20. The number of ether oxygens (including phenoxy) is 1. The third-order valence-electron chi connectivity index (χ3n) is 3.20. The largest absolute Gasteiger partial charge is 0.444 e. The zero-order chi connectivity index (χ0) is 14.9. The molecule has 20 heavy (non-hydrogen) atoms. The quantitative estimate of drug-likeness (QED) is 0.691. The van der Waals surface area contributed by atoms with E-state index in [0.717, 1.165) is 22.9 Å². The van der Waals surface area contributed by atoms with Crippen LogP contribution in [0.2, 0.25) is 5.02 Å². The normalized spacial score (nSPS) is 19.2. The van der Waals surface area contributed by atoms with Crippen LogP contribution in [0.3, 0.4) is 0 Å². The molecule has 3 nitrogen and oxygen atoms in total. The van der Waals surface area contributed by atoms with E-state index in [2.05, 4.69) is 15.9 Å². The van der Waals surface area contributed by atoms with E-state index in [9.17, 15) is 4.79 Å². The van der Waals surface area contributed by atoms with Gasteiger partial charge in [-0.2, -0.15) is 0 Å². The Hall–Kier alpha value is -0.740. The van der Waals surface area contributed by atoms with Gasteiger partial charge in [0.2, 0.25) is 0 Å². The maximum Gasteiger partial charge on any atom is 0.410 e. The number of rotatable bonds is 1. The van der Waals surface area contributed by atoms with Crippen LogP contribution < -0.4 is 0 Å². The fourth-order valence-electron chi connectivity index (χ4n) is 2.40. The number of carbonyl (C=O) groups is 1. The molecule has 0 saturated carbocycles. The van der Waals surface area contributed by atoms with Crippen LogP contribution >= 0.6 is 27.5 Å². The number of amides is 1. The molecule has 1 aliphatic heterocycles. The molecule has 1 fully saturated rings. The van der Waals surface area contributed by atoms with Crippen molar-refractivity contribution in [2.45, 2.75) is 45.3 Å². The number of hydrogen-bond acceptors (Lipinski definition) is 2. The van der Waals surface area contributed by atoms with Crippen molar-refractivity contribution in [2.75, 3.05) is 6.54 Å². The summed E-state index contributed by atoms with van der Waals surface area (Å²) in [4.78, 5) is 14.1. The highest BCUT2D eigenvalue weighted by molar-refractivity contribution is 9.10. The zero-order valence-corrected chi connectivity index (χ0v) is 14.3. The van der Waals surface area contributed by atoms with Crippen LogP contribution in [-0.4, -0.2) is 23.1 Å². The topological polar surface area (TPSA) is 29.5 Å². The van der Waals surface area contributed by atoms with Crippen molar-refractivity contribution in [3.05, 3.63) is 33.3 Å². The maximum atomic E-state index is 12.3. The van der Waals surface area contributed by atoms with Crippen LogP contribution in [0, 0.1) is 0 Å². The van der Waals surface area contributed by atoms with Crippen LogP contribution in [0.25, 0.3) is 0 Å². The van der Waals surface area contributed by atoms with Gasteiger partial charge >= 0.3 is 6.09 Å². The zero-order valence-electron chi connectivity index (χ0n) is 12.0. The molecular formula is C15H19BrClNO2. The Bertz CT molecular complexity index is 513. The van der Waals surface area contributed by atoms with Crippen molar-refractivity contribution in [1.29, 1.82) is 0 Å². The third-order valence-corrected chi connectivity index (χ3v) is 4.02. The summed E-state index contributed by atoms with van der Waals surface area (Å²) in [6, 6.07) is 5.79. The van der Waals surface area contributed by atoms with Crippen molar-refractivity contribution < 1.29 is 9.53 Å². The molecule has 1 saturated heterocycles. The molecule has 0 aromatic heterocycles. The molecule has 1 aliphatic rings. The van der Waals surface area contributed by atoms with Crippen molar-refractivity contribution in [1.82, 2.24) is 4.90 Å². The molecule has 0 aliphatic carbocycles. The van der Waals surface area contributed by atoms with Crippen LogP contribution in [0.15, 0.2) is 22.7 Å². The Morgan fingerprint density at radius 2 is 2.15 bits per heavy atom. The standard InChI is InChI=1S/C15H19BrClNO2/c1-15(2,3)20-14(19)18-8-4-5-13(18)11-7-6-10(16)9-12(11)17/h6-7,9,13H,4-5,8H2,1-3H3/t13-/m1/s1. The maximum absolute atomic E-state index is 12.3. The van der Waals surface area contributed by atoms with E-state index < -0.39 is 5.60 Å². The summed E-state index contributed by atoms with van der Waals surface area (Å²) < 4.78 is 6.41. The van der Waals surface area contributed by atoms with E-state index in [1.165, 1.54) is 0 Å². The highest BCUT2D eigenvalue weighted by atomic mass is 79.9. The summed E-state index contributed by atoms with van der Waals surface area (Å²) >= 11 is 9.70. The van der Waals surface area contributed by atoms with Gasteiger partial charge in [-0.05, 0) is 51.3 Å². The summed E-state index contributed by atoms with van der Waals surface area (Å²) in [5.41, 5.74) is 0.506. The molecule has 0 radical (unpaired) electrons. The van der Waals surface area contributed by atoms with Crippen molar-refractivity contribution in [2.24, 2.45) is 0 Å². The van der Waals surface area contributed by atoms with Crippen molar-refractivity contribution >= 4 is 33.6 Å². The van der Waals surface area contributed by atoms with E-state index >= 15 is 0 Å². The highest BCUT2D eigenvalue weighted by Crippen LogP contribution is 2.37. The first-order valence-corrected chi connectivity index (χ1v) is 7.89. The molecule has 1 atom stereocenters. The van der Waals surface area contributed by atoms with Crippen LogP contribution in [0.4, 0.5) is 4.79 Å². The number of halogens is 2. The lowest BCUT2D eigenvalue weighted by molar-refractivity contribution is 0.0224. The van der Waals surface area contributed by atoms with Gasteiger partial charge in [-0.3, -0.25) is 0 Å². The average Bonchev–Trinajstić information content (AvgIpc) is 2.75. The second kappa shape index (κ2) is 5.94. The minimum Gasteiger partial charge on any atom is -0.444 e. The van der Waals surface area contributed by atoms with Gasteiger partial charge in [-0.25, -0.2) is 4.79 Å². The first-order valence-electron chi connectivity index (χ1n) is 6.72. The number of hydrogen-bond donors (Lipinski definition) is 0. The predicted octanol–water partition coefficient (Wildman–Crippen LogP) is 5.17. The fraction of sp³-hybridized carbons (Fsp3) is 0.533. The van der Waals surface area contributed by atoms with Gasteiger partial charge in [0.25, 0.3) is 0 Å². The lowest BCUT2D eigenvalue weighted by Gasteiger charge is -2.29. The first kappa shape index (κ1) is 15.6. The number of carbonyl (C=O) groups excluding carboxylic acids is 1. The van der Waals surface area contributed by atoms with E-state index in [1.54, 1.807) is 4.90 Å². The Morgan fingerprint density at radius 3 is 2.75 bits per heavy atom. The number of benzene rings is 1. The highest BCUT2D eigenvalue weighted by Gasteiger charge is 2.34.